The lowest BCUT2D eigenvalue weighted by molar-refractivity contribution is -0.165. The number of ether oxygens (including phenoxy) is 1. The van der Waals surface area contributed by atoms with Gasteiger partial charge in [-0.1, -0.05) is 6.42 Å². The molecule has 2 aliphatic carbocycles. The Morgan fingerprint density at radius 1 is 1.15 bits per heavy atom. The van der Waals surface area contributed by atoms with E-state index in [2.05, 4.69) is 15.2 Å². The van der Waals surface area contributed by atoms with Gasteiger partial charge >= 0.3 is 6.18 Å². The number of hydrogen-bond acceptors (Lipinski definition) is 8. The number of furan rings is 1. The Hall–Kier alpha value is -3.08. The SMILES string of the molecule is CC1=NC(OCC(F)(F)F)=CCc2cc(-c3c(C)nc(N(C)CC4CC4)nc3NC3CCCC(CO)C3)oc21. The van der Waals surface area contributed by atoms with Crippen molar-refractivity contribution < 1.29 is 27.4 Å². The lowest BCUT2D eigenvalue weighted by Gasteiger charge is -2.30. The summed E-state index contributed by atoms with van der Waals surface area (Å²) in [6.07, 6.45) is 3.77. The summed E-state index contributed by atoms with van der Waals surface area (Å²) in [5.74, 6) is 3.29. The maximum atomic E-state index is 12.6. The van der Waals surface area contributed by atoms with Gasteiger partial charge in [-0.2, -0.15) is 18.2 Å². The Bertz CT molecular complexity index is 1250. The monoisotopic (exact) mass is 547 g/mol. The molecular weight excluding hydrogens is 511 g/mol. The number of alkyl halides is 3. The molecule has 2 atom stereocenters. The van der Waals surface area contributed by atoms with Gasteiger partial charge in [-0.25, -0.2) is 9.98 Å². The number of aliphatic hydroxyl groups excluding tert-OH is 1. The standard InChI is InChI=1S/C28H36F3N5O3/c1-16-24(22-12-20-9-10-23(38-15-28(29,30)31)32-17(2)25(20)39-22)26(34-21-6-4-5-19(11-21)14-37)35-27(33-16)36(3)13-18-7-8-18/h10,12,18-19,21,37H,4-9,11,13-15H2,1-3H3,(H,33,34,35). The molecule has 8 nitrogen and oxygen atoms in total. The Morgan fingerprint density at radius 3 is 2.67 bits per heavy atom. The highest BCUT2D eigenvalue weighted by atomic mass is 19.4. The van der Waals surface area contributed by atoms with Gasteiger partial charge in [0, 0.05) is 31.8 Å². The molecule has 0 radical (unpaired) electrons. The number of aromatic nitrogens is 2. The molecule has 212 valence electrons. The van der Waals surface area contributed by atoms with E-state index in [4.69, 9.17) is 19.1 Å². The van der Waals surface area contributed by atoms with Crippen LogP contribution in [0.4, 0.5) is 24.9 Å². The molecule has 2 fully saturated rings. The van der Waals surface area contributed by atoms with Crippen molar-refractivity contribution in [3.05, 3.63) is 35.0 Å². The molecule has 2 aromatic rings. The van der Waals surface area contributed by atoms with E-state index in [1.165, 1.54) is 18.9 Å². The van der Waals surface area contributed by atoms with E-state index >= 15 is 0 Å². The van der Waals surface area contributed by atoms with Crippen molar-refractivity contribution in [3.8, 4) is 11.3 Å². The Labute approximate surface area is 226 Å². The first-order valence-electron chi connectivity index (χ1n) is 13.6. The fraction of sp³-hybridized carbons (Fsp3) is 0.607. The fourth-order valence-electron chi connectivity index (χ4n) is 5.39. The minimum Gasteiger partial charge on any atom is -0.468 e. The smallest absolute Gasteiger partial charge is 0.422 e. The average molecular weight is 548 g/mol. The highest BCUT2D eigenvalue weighted by molar-refractivity contribution is 5.99. The molecule has 2 N–H and O–H groups in total. The molecule has 5 rings (SSSR count). The minimum atomic E-state index is -4.44. The van der Waals surface area contributed by atoms with Crippen molar-refractivity contribution in [2.24, 2.45) is 16.8 Å². The highest BCUT2D eigenvalue weighted by Gasteiger charge is 2.30. The van der Waals surface area contributed by atoms with Gasteiger partial charge in [0.2, 0.25) is 11.8 Å². The van der Waals surface area contributed by atoms with Crippen LogP contribution in [0.25, 0.3) is 11.3 Å². The van der Waals surface area contributed by atoms with E-state index < -0.39 is 12.8 Å². The molecule has 3 aliphatic rings. The van der Waals surface area contributed by atoms with Crippen LogP contribution in [-0.4, -0.2) is 59.8 Å². The normalized spacial score (nSPS) is 21.5. The summed E-state index contributed by atoms with van der Waals surface area (Å²) >= 11 is 0. The molecule has 2 unspecified atom stereocenters. The minimum absolute atomic E-state index is 0.0709. The number of aryl methyl sites for hydroxylation is 1. The number of nitrogens with zero attached hydrogens (tertiary/aromatic N) is 4. The number of anilines is 2. The molecular formula is C28H36F3N5O3. The van der Waals surface area contributed by atoms with Crippen molar-refractivity contribution in [2.45, 2.75) is 71.0 Å². The summed E-state index contributed by atoms with van der Waals surface area (Å²) in [5, 5.41) is 13.4. The van der Waals surface area contributed by atoms with Crippen LogP contribution >= 0.6 is 0 Å². The first kappa shape index (κ1) is 27.5. The molecule has 0 aromatic carbocycles. The molecule has 0 spiro atoms. The van der Waals surface area contributed by atoms with Crippen LogP contribution < -0.4 is 10.2 Å². The zero-order valence-corrected chi connectivity index (χ0v) is 22.6. The van der Waals surface area contributed by atoms with Crippen molar-refractivity contribution in [1.29, 1.82) is 0 Å². The summed E-state index contributed by atoms with van der Waals surface area (Å²) < 4.78 is 49.1. The number of nitrogens with one attached hydrogen (secondary N) is 1. The van der Waals surface area contributed by atoms with E-state index in [0.29, 0.717) is 41.3 Å². The lowest BCUT2D eigenvalue weighted by atomic mass is 9.86. The summed E-state index contributed by atoms with van der Waals surface area (Å²) in [4.78, 5) is 16.1. The summed E-state index contributed by atoms with van der Waals surface area (Å²) in [6.45, 7) is 3.32. The summed E-state index contributed by atoms with van der Waals surface area (Å²) in [7, 11) is 2.01. The second-order valence-corrected chi connectivity index (χ2v) is 11.0. The van der Waals surface area contributed by atoms with Crippen molar-refractivity contribution in [2.75, 3.05) is 37.0 Å². The van der Waals surface area contributed by atoms with Crippen LogP contribution in [0, 0.1) is 18.8 Å². The summed E-state index contributed by atoms with van der Waals surface area (Å²) in [6, 6.07) is 2.05. The van der Waals surface area contributed by atoms with Gasteiger partial charge in [-0.15, -0.1) is 0 Å². The number of aliphatic hydroxyl groups is 1. The van der Waals surface area contributed by atoms with Gasteiger partial charge in [-0.3, -0.25) is 0 Å². The van der Waals surface area contributed by atoms with Crippen LogP contribution in [0.2, 0.25) is 0 Å². The maximum absolute atomic E-state index is 12.6. The van der Waals surface area contributed by atoms with Gasteiger partial charge in [0.15, 0.2) is 12.4 Å². The number of fused-ring (bicyclic) bond motifs is 1. The van der Waals surface area contributed by atoms with Crippen LogP contribution in [0.5, 0.6) is 0 Å². The number of halogens is 3. The number of hydrogen-bond donors (Lipinski definition) is 2. The second kappa shape index (κ2) is 11.2. The topological polar surface area (TPSA) is 96.0 Å². The Kier molecular flexibility index (Phi) is 7.89. The third kappa shape index (κ3) is 6.74. The van der Waals surface area contributed by atoms with Gasteiger partial charge in [0.25, 0.3) is 0 Å². The van der Waals surface area contributed by atoms with Gasteiger partial charge in [0.1, 0.15) is 11.6 Å². The quantitative estimate of drug-likeness (QED) is 0.420. The molecule has 0 amide bonds. The van der Waals surface area contributed by atoms with E-state index in [1.807, 2.05) is 20.0 Å². The first-order valence-corrected chi connectivity index (χ1v) is 13.6. The predicted molar refractivity (Wildman–Crippen MR) is 143 cm³/mol. The van der Waals surface area contributed by atoms with Crippen LogP contribution in [0.15, 0.2) is 27.4 Å². The Balaban J connectivity index is 1.46. The zero-order chi connectivity index (χ0) is 27.7. The second-order valence-electron chi connectivity index (χ2n) is 11.0. The predicted octanol–water partition coefficient (Wildman–Crippen LogP) is 5.64. The number of aliphatic imine (C=N–C) groups is 1. The Morgan fingerprint density at radius 2 is 1.95 bits per heavy atom. The highest BCUT2D eigenvalue weighted by Crippen LogP contribution is 2.38. The lowest BCUT2D eigenvalue weighted by Crippen LogP contribution is -2.30. The van der Waals surface area contributed by atoms with E-state index in [-0.39, 0.29) is 24.4 Å². The molecule has 2 saturated carbocycles. The van der Waals surface area contributed by atoms with Crippen LogP contribution in [-0.2, 0) is 11.2 Å². The van der Waals surface area contributed by atoms with E-state index in [9.17, 15) is 18.3 Å². The molecule has 0 saturated heterocycles. The molecule has 0 bridgehead atoms. The molecule has 11 heteroatoms. The van der Waals surface area contributed by atoms with Crippen LogP contribution in [0.3, 0.4) is 0 Å². The summed E-state index contributed by atoms with van der Waals surface area (Å²) in [5.41, 5.74) is 2.76. The number of rotatable bonds is 9. The third-order valence-electron chi connectivity index (χ3n) is 7.57. The largest absolute Gasteiger partial charge is 0.468 e. The molecule has 3 heterocycles. The molecule has 1 aliphatic heterocycles. The average Bonchev–Trinajstić information content (AvgIpc) is 3.63. The van der Waals surface area contributed by atoms with Crippen molar-refractivity contribution in [3.63, 3.8) is 0 Å². The third-order valence-corrected chi connectivity index (χ3v) is 7.57. The van der Waals surface area contributed by atoms with Crippen molar-refractivity contribution in [1.82, 2.24) is 9.97 Å². The van der Waals surface area contributed by atoms with E-state index in [1.54, 1.807) is 6.92 Å². The fourth-order valence-corrected chi connectivity index (χ4v) is 5.39. The van der Waals surface area contributed by atoms with Crippen molar-refractivity contribution >= 4 is 17.5 Å². The zero-order valence-electron chi connectivity index (χ0n) is 22.6. The van der Waals surface area contributed by atoms with Gasteiger partial charge < -0.3 is 24.5 Å². The molecule has 39 heavy (non-hydrogen) atoms. The van der Waals surface area contributed by atoms with E-state index in [0.717, 1.165) is 49.0 Å². The maximum Gasteiger partial charge on any atom is 0.422 e. The molecule has 2 aromatic heterocycles. The number of allylic oxidation sites excluding steroid dienone is 1. The van der Waals surface area contributed by atoms with Gasteiger partial charge in [-0.05, 0) is 76.4 Å². The first-order chi connectivity index (χ1) is 18.6. The van der Waals surface area contributed by atoms with Crippen LogP contribution in [0.1, 0.15) is 62.5 Å². The van der Waals surface area contributed by atoms with Gasteiger partial charge in [0.05, 0.1) is 17.0 Å².